The van der Waals surface area contributed by atoms with Crippen molar-refractivity contribution in [2.75, 3.05) is 11.9 Å². The fourth-order valence-corrected chi connectivity index (χ4v) is 3.09. The lowest BCUT2D eigenvalue weighted by Crippen LogP contribution is -2.37. The number of likely N-dealkylation sites (tertiary alicyclic amines) is 1. The lowest BCUT2D eigenvalue weighted by molar-refractivity contribution is -0.123. The molecule has 10 heteroatoms. The van der Waals surface area contributed by atoms with Gasteiger partial charge in [0.05, 0.1) is 12.6 Å². The van der Waals surface area contributed by atoms with Crippen LogP contribution in [0.25, 0.3) is 11.4 Å². The molecule has 0 saturated carbocycles. The highest BCUT2D eigenvalue weighted by Crippen LogP contribution is 2.31. The van der Waals surface area contributed by atoms with Gasteiger partial charge in [0.2, 0.25) is 11.7 Å². The Labute approximate surface area is 187 Å². The maximum Gasteiger partial charge on any atom is 0.411 e. The van der Waals surface area contributed by atoms with Gasteiger partial charge in [-0.05, 0) is 45.0 Å². The minimum absolute atomic E-state index is 0.0810. The van der Waals surface area contributed by atoms with Crippen LogP contribution in [0.5, 0.6) is 0 Å². The van der Waals surface area contributed by atoms with Crippen LogP contribution in [0.2, 0.25) is 0 Å². The van der Waals surface area contributed by atoms with Crippen molar-refractivity contribution in [3.63, 3.8) is 0 Å². The third kappa shape index (κ3) is 5.76. The molecule has 0 radical (unpaired) electrons. The van der Waals surface area contributed by atoms with Gasteiger partial charge in [-0.2, -0.15) is 0 Å². The van der Waals surface area contributed by atoms with Gasteiger partial charge in [-0.25, -0.2) is 4.79 Å². The molecule has 2 aromatic rings. The van der Waals surface area contributed by atoms with Crippen molar-refractivity contribution < 1.29 is 19.4 Å². The third-order valence-electron chi connectivity index (χ3n) is 4.78. The van der Waals surface area contributed by atoms with Gasteiger partial charge in [0, 0.05) is 23.1 Å². The van der Waals surface area contributed by atoms with Crippen LogP contribution in [0.15, 0.2) is 24.3 Å². The largest absolute Gasteiger partial charge is 0.444 e. The van der Waals surface area contributed by atoms with Crippen molar-refractivity contribution >= 4 is 17.7 Å². The van der Waals surface area contributed by atoms with E-state index in [1.165, 1.54) is 4.90 Å². The van der Waals surface area contributed by atoms with Crippen LogP contribution in [-0.4, -0.2) is 60.7 Å². The molecule has 3 rings (SSSR count). The highest BCUT2D eigenvalue weighted by molar-refractivity contribution is 5.94. The van der Waals surface area contributed by atoms with Crippen LogP contribution in [0.3, 0.4) is 0 Å². The Morgan fingerprint density at radius 3 is 2.16 bits per heavy atom. The van der Waals surface area contributed by atoms with Crippen LogP contribution < -0.4 is 5.32 Å². The van der Waals surface area contributed by atoms with Crippen molar-refractivity contribution in [1.82, 2.24) is 25.3 Å². The maximum absolute atomic E-state index is 12.5. The number of ether oxygens (including phenoxy) is 1. The van der Waals surface area contributed by atoms with E-state index in [4.69, 9.17) is 4.74 Å². The first-order valence-corrected chi connectivity index (χ1v) is 10.5. The van der Waals surface area contributed by atoms with Crippen LogP contribution >= 0.6 is 0 Å². The second-order valence-corrected chi connectivity index (χ2v) is 9.90. The molecule has 1 aliphatic rings. The van der Waals surface area contributed by atoms with E-state index in [1.807, 2.05) is 20.8 Å². The van der Waals surface area contributed by atoms with E-state index in [2.05, 4.69) is 25.7 Å². The molecule has 1 aromatic carbocycles. The number of aromatic nitrogens is 4. The highest BCUT2D eigenvalue weighted by Gasteiger charge is 2.39. The molecule has 2 amide bonds. The van der Waals surface area contributed by atoms with Crippen LogP contribution in [0.1, 0.15) is 59.8 Å². The summed E-state index contributed by atoms with van der Waals surface area (Å²) < 4.78 is 5.42. The van der Waals surface area contributed by atoms with Gasteiger partial charge in [0.1, 0.15) is 11.6 Å². The molecule has 0 bridgehead atoms. The van der Waals surface area contributed by atoms with Gasteiger partial charge < -0.3 is 15.2 Å². The van der Waals surface area contributed by atoms with Crippen LogP contribution in [-0.2, 0) is 9.53 Å². The lowest BCUT2D eigenvalue weighted by Gasteiger charge is -2.27. The third-order valence-corrected chi connectivity index (χ3v) is 4.78. The summed E-state index contributed by atoms with van der Waals surface area (Å²) in [7, 11) is 0. The van der Waals surface area contributed by atoms with Crippen LogP contribution in [0.4, 0.5) is 10.5 Å². The van der Waals surface area contributed by atoms with Gasteiger partial charge in [-0.15, -0.1) is 20.4 Å². The molecule has 2 atom stereocenters. The Hall–Kier alpha value is -3.14. The van der Waals surface area contributed by atoms with Crippen molar-refractivity contribution in [2.45, 2.75) is 65.7 Å². The predicted molar refractivity (Wildman–Crippen MR) is 117 cm³/mol. The minimum atomic E-state index is -0.702. The maximum atomic E-state index is 12.5. The van der Waals surface area contributed by atoms with E-state index in [0.717, 1.165) is 0 Å². The molecule has 1 saturated heterocycles. The number of β-amino-alcohol motifs (C(OH)–C–C–N with tert-alkyl or cyclic N) is 1. The Bertz CT molecular complexity index is 964. The molecule has 0 spiro atoms. The number of nitrogens with zero attached hydrogens (tertiary/aromatic N) is 5. The number of amides is 2. The lowest BCUT2D eigenvalue weighted by atomic mass is 9.95. The Morgan fingerprint density at radius 1 is 1.03 bits per heavy atom. The monoisotopic (exact) mass is 442 g/mol. The number of benzene rings is 1. The topological polar surface area (TPSA) is 130 Å². The first-order valence-electron chi connectivity index (χ1n) is 10.5. The average molecular weight is 443 g/mol. The smallest absolute Gasteiger partial charge is 0.411 e. The summed E-state index contributed by atoms with van der Waals surface area (Å²) in [5, 5.41) is 29.5. The molecule has 1 fully saturated rings. The molecule has 2 N–H and O–H groups in total. The van der Waals surface area contributed by atoms with Gasteiger partial charge in [0.15, 0.2) is 5.82 Å². The number of aliphatic hydroxyl groups is 1. The molecule has 2 unspecified atom stereocenters. The van der Waals surface area contributed by atoms with E-state index in [-0.39, 0.29) is 24.7 Å². The molecule has 2 heterocycles. The van der Waals surface area contributed by atoms with Crippen molar-refractivity contribution in [2.24, 2.45) is 5.41 Å². The number of anilines is 1. The Kier molecular flexibility index (Phi) is 6.45. The number of carbonyl (C=O) groups is 2. The second-order valence-electron chi connectivity index (χ2n) is 9.90. The van der Waals surface area contributed by atoms with Crippen molar-refractivity contribution in [3.8, 4) is 11.4 Å². The number of nitrogens with one attached hydrogen (secondary N) is 1. The molecule has 0 aliphatic carbocycles. The minimum Gasteiger partial charge on any atom is -0.444 e. The predicted octanol–water partition coefficient (Wildman–Crippen LogP) is 2.96. The number of aliphatic hydroxyl groups excluding tert-OH is 1. The summed E-state index contributed by atoms with van der Waals surface area (Å²) in [6, 6.07) is 6.48. The summed E-state index contributed by atoms with van der Waals surface area (Å²) in [6.45, 7) is 11.0. The summed E-state index contributed by atoms with van der Waals surface area (Å²) in [5.74, 6) is 0.470. The Morgan fingerprint density at radius 2 is 1.62 bits per heavy atom. The van der Waals surface area contributed by atoms with Crippen molar-refractivity contribution in [3.05, 3.63) is 30.1 Å². The Balaban J connectivity index is 1.73. The van der Waals surface area contributed by atoms with Gasteiger partial charge in [-0.1, -0.05) is 20.8 Å². The number of rotatable bonds is 3. The zero-order chi connectivity index (χ0) is 23.7. The molecular formula is C22H30N6O4. The van der Waals surface area contributed by atoms with Crippen LogP contribution in [0, 0.1) is 5.41 Å². The quantitative estimate of drug-likeness (QED) is 0.742. The summed E-state index contributed by atoms with van der Waals surface area (Å²) in [5.41, 5.74) is 0.196. The molecule has 172 valence electrons. The van der Waals surface area contributed by atoms with E-state index >= 15 is 0 Å². The normalized spacial score (nSPS) is 19.0. The second kappa shape index (κ2) is 8.78. The summed E-state index contributed by atoms with van der Waals surface area (Å²) in [4.78, 5) is 26.0. The number of hydrogen-bond donors (Lipinski definition) is 2. The van der Waals surface area contributed by atoms with E-state index in [0.29, 0.717) is 17.1 Å². The number of carbonyl (C=O) groups excluding carboxylic acids is 2. The first kappa shape index (κ1) is 23.5. The van der Waals surface area contributed by atoms with Gasteiger partial charge in [-0.3, -0.25) is 9.69 Å². The van der Waals surface area contributed by atoms with Gasteiger partial charge >= 0.3 is 6.09 Å². The molecule has 1 aromatic heterocycles. The zero-order valence-electron chi connectivity index (χ0n) is 19.3. The molecular weight excluding hydrogens is 412 g/mol. The summed E-state index contributed by atoms with van der Waals surface area (Å²) >= 11 is 0. The SMILES string of the molecule is CC(C)(C)OC(=O)N1CC(O)CC1c1nnc(-c2ccc(NC(=O)C(C)(C)C)cc2)nn1. The van der Waals surface area contributed by atoms with Crippen molar-refractivity contribution in [1.29, 1.82) is 0 Å². The zero-order valence-corrected chi connectivity index (χ0v) is 19.3. The van der Waals surface area contributed by atoms with E-state index in [1.54, 1.807) is 45.0 Å². The average Bonchev–Trinajstić information content (AvgIpc) is 3.09. The molecule has 32 heavy (non-hydrogen) atoms. The van der Waals surface area contributed by atoms with Gasteiger partial charge in [0.25, 0.3) is 0 Å². The van der Waals surface area contributed by atoms with E-state index in [9.17, 15) is 14.7 Å². The van der Waals surface area contributed by atoms with E-state index < -0.39 is 29.3 Å². The first-order chi connectivity index (χ1) is 14.8. The molecule has 1 aliphatic heterocycles. The fraction of sp³-hybridized carbons (Fsp3) is 0.545. The number of hydrogen-bond acceptors (Lipinski definition) is 8. The summed E-state index contributed by atoms with van der Waals surface area (Å²) in [6.07, 6.45) is -0.962. The molecule has 10 nitrogen and oxygen atoms in total. The fourth-order valence-electron chi connectivity index (χ4n) is 3.09. The standard InChI is InChI=1S/C22H30N6O4/c1-21(2,3)19(30)23-14-9-7-13(8-10-14)17-24-26-18(27-25-17)16-11-15(29)12-28(16)20(31)32-22(4,5)6/h7-10,15-16,29H,11-12H2,1-6H3,(H,23,30). The highest BCUT2D eigenvalue weighted by atomic mass is 16.6.